The molecule has 0 saturated carbocycles. The van der Waals surface area contributed by atoms with Crippen LogP contribution in [0.4, 0.5) is 0 Å². The van der Waals surface area contributed by atoms with E-state index in [1.165, 1.54) is 0 Å². The molecule has 102 valence electrons. The van der Waals surface area contributed by atoms with Crippen LogP contribution in [0.15, 0.2) is 17.4 Å². The molecule has 0 amide bonds. The number of morpholine rings is 1. The largest absolute Gasteiger partial charge is 0.378 e. The molecule has 1 aromatic heterocycles. The molecule has 0 spiro atoms. The SMILES string of the molecule is I.NC(=NCCCn1ccnn1)N1CCOCC1. The highest BCUT2D eigenvalue weighted by molar-refractivity contribution is 14.0. The van der Waals surface area contributed by atoms with E-state index < -0.39 is 0 Å². The van der Waals surface area contributed by atoms with Crippen molar-refractivity contribution in [1.82, 2.24) is 19.9 Å². The van der Waals surface area contributed by atoms with Crippen molar-refractivity contribution in [2.75, 3.05) is 32.8 Å². The van der Waals surface area contributed by atoms with Gasteiger partial charge < -0.3 is 15.4 Å². The van der Waals surface area contributed by atoms with E-state index >= 15 is 0 Å². The third kappa shape index (κ3) is 4.77. The van der Waals surface area contributed by atoms with E-state index in [-0.39, 0.29) is 24.0 Å². The van der Waals surface area contributed by atoms with Crippen LogP contribution < -0.4 is 5.73 Å². The number of guanidine groups is 1. The zero-order valence-electron chi connectivity index (χ0n) is 10.2. The average Bonchev–Trinajstić information content (AvgIpc) is 2.88. The Kier molecular flexibility index (Phi) is 6.94. The molecule has 0 aromatic carbocycles. The van der Waals surface area contributed by atoms with E-state index in [2.05, 4.69) is 20.2 Å². The number of hydrogen-bond acceptors (Lipinski definition) is 4. The first-order chi connectivity index (χ1) is 8.36. The van der Waals surface area contributed by atoms with E-state index in [0.29, 0.717) is 12.5 Å². The zero-order valence-corrected chi connectivity index (χ0v) is 12.6. The van der Waals surface area contributed by atoms with Gasteiger partial charge in [-0.25, -0.2) is 0 Å². The summed E-state index contributed by atoms with van der Waals surface area (Å²) in [5.41, 5.74) is 5.89. The molecule has 0 atom stereocenters. The van der Waals surface area contributed by atoms with Crippen LogP contribution in [0, 0.1) is 0 Å². The smallest absolute Gasteiger partial charge is 0.191 e. The molecule has 1 fully saturated rings. The Balaban J connectivity index is 0.00000162. The van der Waals surface area contributed by atoms with Crippen molar-refractivity contribution in [3.8, 4) is 0 Å². The topological polar surface area (TPSA) is 81.6 Å². The lowest BCUT2D eigenvalue weighted by atomic mass is 10.4. The van der Waals surface area contributed by atoms with E-state index in [1.54, 1.807) is 10.9 Å². The lowest BCUT2D eigenvalue weighted by Gasteiger charge is -2.27. The number of halogens is 1. The Labute approximate surface area is 123 Å². The molecule has 1 aromatic rings. The third-order valence-electron chi connectivity index (χ3n) is 2.63. The van der Waals surface area contributed by atoms with Crippen LogP contribution in [-0.2, 0) is 11.3 Å². The molecule has 7 nitrogen and oxygen atoms in total. The molecule has 1 aliphatic heterocycles. The van der Waals surface area contributed by atoms with Gasteiger partial charge >= 0.3 is 0 Å². The summed E-state index contributed by atoms with van der Waals surface area (Å²) >= 11 is 0. The fourth-order valence-corrected chi connectivity index (χ4v) is 1.67. The van der Waals surface area contributed by atoms with Gasteiger partial charge in [0, 0.05) is 32.4 Å². The summed E-state index contributed by atoms with van der Waals surface area (Å²) in [4.78, 5) is 6.41. The molecule has 0 bridgehead atoms. The summed E-state index contributed by atoms with van der Waals surface area (Å²) in [7, 11) is 0. The summed E-state index contributed by atoms with van der Waals surface area (Å²) < 4.78 is 7.05. The molecule has 1 aliphatic rings. The van der Waals surface area contributed by atoms with Gasteiger partial charge in [-0.1, -0.05) is 5.21 Å². The van der Waals surface area contributed by atoms with Gasteiger partial charge in [-0.05, 0) is 6.42 Å². The summed E-state index contributed by atoms with van der Waals surface area (Å²) in [6.45, 7) is 4.66. The van der Waals surface area contributed by atoms with E-state index in [4.69, 9.17) is 10.5 Å². The minimum atomic E-state index is 0. The standard InChI is InChI=1S/C10H18N6O.HI/c11-10(15-6-8-17-9-7-15)12-2-1-4-16-5-3-13-14-16;/h3,5H,1-2,4,6-9H2,(H2,11,12);1H. The van der Waals surface area contributed by atoms with Crippen molar-refractivity contribution in [2.45, 2.75) is 13.0 Å². The molecule has 1 saturated heterocycles. The summed E-state index contributed by atoms with van der Waals surface area (Å²) in [5, 5.41) is 7.62. The summed E-state index contributed by atoms with van der Waals surface area (Å²) in [5.74, 6) is 0.617. The molecule has 2 N–H and O–H groups in total. The highest BCUT2D eigenvalue weighted by Crippen LogP contribution is 1.96. The van der Waals surface area contributed by atoms with Crippen LogP contribution in [-0.4, -0.2) is 58.7 Å². The van der Waals surface area contributed by atoms with Gasteiger partial charge in [-0.2, -0.15) is 0 Å². The predicted octanol–water partition coefficient (Wildman–Crippen LogP) is -0.0669. The van der Waals surface area contributed by atoms with Crippen LogP contribution >= 0.6 is 24.0 Å². The summed E-state index contributed by atoms with van der Waals surface area (Å²) in [6, 6.07) is 0. The summed E-state index contributed by atoms with van der Waals surface area (Å²) in [6.07, 6.45) is 4.43. The van der Waals surface area contributed by atoms with Gasteiger partial charge in [-0.15, -0.1) is 29.1 Å². The van der Waals surface area contributed by atoms with Gasteiger partial charge in [0.2, 0.25) is 0 Å². The van der Waals surface area contributed by atoms with E-state index in [9.17, 15) is 0 Å². The van der Waals surface area contributed by atoms with E-state index in [0.717, 1.165) is 39.3 Å². The monoisotopic (exact) mass is 366 g/mol. The van der Waals surface area contributed by atoms with Gasteiger partial charge in [0.25, 0.3) is 0 Å². The van der Waals surface area contributed by atoms with Crippen LogP contribution in [0.2, 0.25) is 0 Å². The molecule has 0 unspecified atom stereocenters. The number of aliphatic imine (C=N–C) groups is 1. The maximum Gasteiger partial charge on any atom is 0.191 e. The fraction of sp³-hybridized carbons (Fsp3) is 0.700. The molecule has 0 radical (unpaired) electrons. The first-order valence-electron chi connectivity index (χ1n) is 5.83. The van der Waals surface area contributed by atoms with Gasteiger partial charge in [0.1, 0.15) is 0 Å². The Morgan fingerprint density at radius 3 is 2.83 bits per heavy atom. The van der Waals surface area contributed by atoms with Crippen molar-refractivity contribution in [1.29, 1.82) is 0 Å². The second-order valence-electron chi connectivity index (χ2n) is 3.86. The van der Waals surface area contributed by atoms with Gasteiger partial charge in [-0.3, -0.25) is 9.67 Å². The lowest BCUT2D eigenvalue weighted by molar-refractivity contribution is 0.0674. The van der Waals surface area contributed by atoms with Crippen molar-refractivity contribution >= 4 is 29.9 Å². The second kappa shape index (κ2) is 8.25. The van der Waals surface area contributed by atoms with Crippen LogP contribution in [0.3, 0.4) is 0 Å². The van der Waals surface area contributed by atoms with Crippen molar-refractivity contribution in [3.63, 3.8) is 0 Å². The van der Waals surface area contributed by atoms with Crippen molar-refractivity contribution in [3.05, 3.63) is 12.4 Å². The number of hydrogen-bond donors (Lipinski definition) is 1. The Morgan fingerprint density at radius 2 is 2.17 bits per heavy atom. The normalized spacial score (nSPS) is 16.4. The Bertz CT molecular complexity index is 349. The Morgan fingerprint density at radius 1 is 1.39 bits per heavy atom. The predicted molar refractivity (Wildman–Crippen MR) is 78.9 cm³/mol. The molecule has 2 rings (SSSR count). The Hall–Kier alpha value is -0.900. The number of rotatable bonds is 4. The fourth-order valence-electron chi connectivity index (χ4n) is 1.67. The van der Waals surface area contributed by atoms with Crippen molar-refractivity contribution < 1.29 is 4.74 Å². The van der Waals surface area contributed by atoms with Gasteiger partial charge in [0.05, 0.1) is 19.4 Å². The molecule has 0 aliphatic carbocycles. The second-order valence-corrected chi connectivity index (χ2v) is 3.86. The maximum atomic E-state index is 5.89. The molecular weight excluding hydrogens is 347 g/mol. The van der Waals surface area contributed by atoms with Crippen LogP contribution in [0.25, 0.3) is 0 Å². The number of nitrogens with two attached hydrogens (primary N) is 1. The highest BCUT2D eigenvalue weighted by atomic mass is 127. The quantitative estimate of drug-likeness (QED) is 0.349. The highest BCUT2D eigenvalue weighted by Gasteiger charge is 2.11. The maximum absolute atomic E-state index is 5.89. The number of ether oxygens (including phenoxy) is 1. The number of aryl methyl sites for hydroxylation is 1. The first kappa shape index (κ1) is 15.2. The molecule has 8 heteroatoms. The van der Waals surface area contributed by atoms with E-state index in [1.807, 2.05) is 6.20 Å². The average molecular weight is 366 g/mol. The first-order valence-corrected chi connectivity index (χ1v) is 5.83. The number of aromatic nitrogens is 3. The number of nitrogens with zero attached hydrogens (tertiary/aromatic N) is 5. The minimum Gasteiger partial charge on any atom is -0.378 e. The van der Waals surface area contributed by atoms with Crippen molar-refractivity contribution in [2.24, 2.45) is 10.7 Å². The molecule has 18 heavy (non-hydrogen) atoms. The lowest BCUT2D eigenvalue weighted by Crippen LogP contribution is -2.44. The van der Waals surface area contributed by atoms with Crippen LogP contribution in [0.5, 0.6) is 0 Å². The van der Waals surface area contributed by atoms with Crippen LogP contribution in [0.1, 0.15) is 6.42 Å². The molecular formula is C10H19IN6O. The third-order valence-corrected chi connectivity index (χ3v) is 2.63. The zero-order chi connectivity index (χ0) is 11.9. The van der Waals surface area contributed by atoms with Gasteiger partial charge in [0.15, 0.2) is 5.96 Å². The minimum absolute atomic E-state index is 0. The molecule has 2 heterocycles.